The molecule has 0 aromatic heterocycles. The molecule has 2 aliphatic rings. The van der Waals surface area contributed by atoms with Gasteiger partial charge in [-0.1, -0.05) is 37.3 Å². The highest BCUT2D eigenvalue weighted by molar-refractivity contribution is 6.33. The number of aliphatic carboxylic acids is 1. The number of nitrogens with one attached hydrogen (secondary N) is 1. The first-order chi connectivity index (χ1) is 16.4. The number of hydrogen-bond donors (Lipinski definition) is 3. The summed E-state index contributed by atoms with van der Waals surface area (Å²) < 4.78 is 5.63. The van der Waals surface area contributed by atoms with Gasteiger partial charge in [-0.15, -0.1) is 0 Å². The summed E-state index contributed by atoms with van der Waals surface area (Å²) in [6.07, 6.45) is 8.81. The van der Waals surface area contributed by atoms with Crippen LogP contribution in [0.2, 0.25) is 5.02 Å². The van der Waals surface area contributed by atoms with E-state index in [0.29, 0.717) is 53.9 Å². The van der Waals surface area contributed by atoms with Crippen molar-refractivity contribution in [2.75, 3.05) is 32.0 Å². The van der Waals surface area contributed by atoms with E-state index in [0.717, 1.165) is 70.0 Å². The summed E-state index contributed by atoms with van der Waals surface area (Å²) in [6.45, 7) is 2.50. The molecule has 2 aliphatic heterocycles. The molecule has 0 bridgehead atoms. The summed E-state index contributed by atoms with van der Waals surface area (Å²) in [4.78, 5) is 37.7. The third-order valence-corrected chi connectivity index (χ3v) is 7.08. The minimum atomic E-state index is -0.735. The lowest BCUT2D eigenvalue weighted by Crippen LogP contribution is -2.41. The van der Waals surface area contributed by atoms with E-state index in [1.165, 1.54) is 0 Å². The highest BCUT2D eigenvalue weighted by Crippen LogP contribution is 2.38. The zero-order valence-corrected chi connectivity index (χ0v) is 20.5. The number of nitrogens with zero attached hydrogens (tertiary/aromatic N) is 1. The van der Waals surface area contributed by atoms with Crippen molar-refractivity contribution in [2.24, 2.45) is 5.92 Å². The Morgan fingerprint density at radius 3 is 2.41 bits per heavy atom. The molecule has 0 spiro atoms. The number of carbonyl (C=O) groups excluding carboxylic acids is 2. The van der Waals surface area contributed by atoms with Gasteiger partial charge < -0.3 is 25.8 Å². The number of hydrogen-bond acceptors (Lipinski definition) is 5. The number of carboxylic acids is 1. The number of carboxylic acid groups (broad SMARTS) is 1. The van der Waals surface area contributed by atoms with Crippen molar-refractivity contribution in [1.82, 2.24) is 10.2 Å². The number of ether oxygens (including phenoxy) is 1. The molecule has 0 radical (unpaired) electrons. The molecule has 2 heterocycles. The predicted octanol–water partition coefficient (Wildman–Crippen LogP) is 4.03. The van der Waals surface area contributed by atoms with E-state index in [1.807, 2.05) is 4.90 Å². The number of halogens is 1. The quantitative estimate of drug-likeness (QED) is 0.298. The van der Waals surface area contributed by atoms with Crippen molar-refractivity contribution >= 4 is 35.1 Å². The van der Waals surface area contributed by atoms with Gasteiger partial charge in [0.1, 0.15) is 5.75 Å². The van der Waals surface area contributed by atoms with E-state index in [9.17, 15) is 14.4 Å². The lowest BCUT2D eigenvalue weighted by molar-refractivity contribution is -0.137. The maximum atomic E-state index is 12.8. The third kappa shape index (κ3) is 7.26. The Kier molecular flexibility index (Phi) is 9.86. The van der Waals surface area contributed by atoms with E-state index in [2.05, 4.69) is 5.32 Å². The van der Waals surface area contributed by atoms with Crippen LogP contribution < -0.4 is 15.8 Å². The highest BCUT2D eigenvalue weighted by Gasteiger charge is 2.27. The van der Waals surface area contributed by atoms with Gasteiger partial charge in [0.05, 0.1) is 22.9 Å². The van der Waals surface area contributed by atoms with Gasteiger partial charge >= 0.3 is 5.97 Å². The molecule has 4 N–H and O–H groups in total. The van der Waals surface area contributed by atoms with Gasteiger partial charge in [-0.05, 0) is 37.7 Å². The van der Waals surface area contributed by atoms with Crippen LogP contribution in [0.1, 0.15) is 80.1 Å². The van der Waals surface area contributed by atoms with Gasteiger partial charge in [-0.2, -0.15) is 0 Å². The fourth-order valence-corrected chi connectivity index (χ4v) is 4.90. The summed E-state index contributed by atoms with van der Waals surface area (Å²) in [5.74, 6) is 0.137. The fraction of sp³-hybridized carbons (Fsp3) is 0.640. The molecular weight excluding hydrogens is 458 g/mol. The van der Waals surface area contributed by atoms with Crippen molar-refractivity contribution in [1.29, 1.82) is 0 Å². The van der Waals surface area contributed by atoms with Crippen LogP contribution >= 0.6 is 11.6 Å². The first kappa shape index (κ1) is 26.1. The molecule has 0 saturated carbocycles. The smallest absolute Gasteiger partial charge is 0.303 e. The van der Waals surface area contributed by atoms with Crippen molar-refractivity contribution in [3.8, 4) is 5.75 Å². The first-order valence-electron chi connectivity index (χ1n) is 12.4. The Labute approximate surface area is 206 Å². The maximum absolute atomic E-state index is 12.8. The van der Waals surface area contributed by atoms with Crippen LogP contribution in [-0.4, -0.2) is 54.0 Å². The molecule has 9 heteroatoms. The first-order valence-corrected chi connectivity index (χ1v) is 12.8. The number of benzene rings is 1. The van der Waals surface area contributed by atoms with Crippen LogP contribution in [0.3, 0.4) is 0 Å². The Hall–Kier alpha value is -2.48. The lowest BCUT2D eigenvalue weighted by Gasteiger charge is -2.32. The molecule has 0 unspecified atom stereocenters. The second-order valence-electron chi connectivity index (χ2n) is 9.28. The second-order valence-corrected chi connectivity index (χ2v) is 9.68. The van der Waals surface area contributed by atoms with Crippen LogP contribution in [0.25, 0.3) is 0 Å². The molecule has 1 aromatic carbocycles. The third-order valence-electron chi connectivity index (χ3n) is 6.77. The molecule has 1 fully saturated rings. The molecule has 0 atom stereocenters. The molecule has 188 valence electrons. The predicted molar refractivity (Wildman–Crippen MR) is 131 cm³/mol. The number of fused-ring (bicyclic) bond motifs is 1. The summed E-state index contributed by atoms with van der Waals surface area (Å²) in [5, 5.41) is 12.0. The molecule has 1 aromatic rings. The van der Waals surface area contributed by atoms with Crippen LogP contribution in [0, 0.1) is 5.92 Å². The van der Waals surface area contributed by atoms with Gasteiger partial charge in [0.15, 0.2) is 0 Å². The summed E-state index contributed by atoms with van der Waals surface area (Å²) in [7, 11) is 0. The summed E-state index contributed by atoms with van der Waals surface area (Å²) >= 11 is 6.20. The lowest BCUT2D eigenvalue weighted by atomic mass is 9.96. The largest absolute Gasteiger partial charge is 0.492 e. The number of rotatable bonds is 12. The molecule has 1 saturated heterocycles. The maximum Gasteiger partial charge on any atom is 0.303 e. The number of nitrogen functional groups attached to an aromatic ring is 1. The Morgan fingerprint density at radius 2 is 1.74 bits per heavy atom. The number of unbranched alkanes of at least 4 members (excludes halogenated alkanes) is 5. The van der Waals surface area contributed by atoms with Gasteiger partial charge in [-0.3, -0.25) is 14.4 Å². The zero-order valence-electron chi connectivity index (χ0n) is 19.7. The van der Waals surface area contributed by atoms with Crippen LogP contribution in [-0.2, 0) is 16.0 Å². The van der Waals surface area contributed by atoms with Crippen molar-refractivity contribution in [3.05, 3.63) is 22.2 Å². The average molecular weight is 494 g/mol. The normalized spacial score (nSPS) is 15.6. The monoisotopic (exact) mass is 493 g/mol. The molecule has 2 amide bonds. The fourth-order valence-electron chi connectivity index (χ4n) is 4.67. The SMILES string of the molecule is Nc1c(Cl)cc(C(=O)NCC2CCN(C(=O)CCCCCCCCC(=O)O)CC2)c2c1CCO2. The highest BCUT2D eigenvalue weighted by atomic mass is 35.5. The standard InChI is InChI=1S/C25H36ClN3O5/c26-20-15-19(24-18(23(20)27)11-14-34-24)25(33)28-16-17-9-12-29(13-10-17)21(30)7-5-3-1-2-4-6-8-22(31)32/h15,17H,1-14,16,27H2,(H,28,33)(H,31,32). The van der Waals surface area contributed by atoms with Crippen LogP contribution in [0.4, 0.5) is 5.69 Å². The van der Waals surface area contributed by atoms with E-state index >= 15 is 0 Å². The minimum Gasteiger partial charge on any atom is -0.492 e. The van der Waals surface area contributed by atoms with Gasteiger partial charge in [0.2, 0.25) is 5.91 Å². The average Bonchev–Trinajstić information content (AvgIpc) is 3.32. The number of piperidine rings is 1. The number of likely N-dealkylation sites (tertiary alicyclic amines) is 1. The van der Waals surface area contributed by atoms with E-state index in [1.54, 1.807) is 6.07 Å². The Bertz CT molecular complexity index is 884. The van der Waals surface area contributed by atoms with Gasteiger partial charge in [-0.25, -0.2) is 0 Å². The number of nitrogens with two attached hydrogens (primary N) is 1. The van der Waals surface area contributed by atoms with E-state index in [-0.39, 0.29) is 18.2 Å². The Morgan fingerprint density at radius 1 is 1.09 bits per heavy atom. The molecular formula is C25H36ClN3O5. The molecule has 8 nitrogen and oxygen atoms in total. The summed E-state index contributed by atoms with van der Waals surface area (Å²) in [6, 6.07) is 1.58. The van der Waals surface area contributed by atoms with Crippen molar-refractivity contribution < 1.29 is 24.2 Å². The van der Waals surface area contributed by atoms with Gasteiger partial charge in [0, 0.05) is 44.5 Å². The topological polar surface area (TPSA) is 122 Å². The van der Waals surface area contributed by atoms with Gasteiger partial charge in [0.25, 0.3) is 5.91 Å². The second kappa shape index (κ2) is 12.8. The molecule has 34 heavy (non-hydrogen) atoms. The van der Waals surface area contributed by atoms with Crippen molar-refractivity contribution in [2.45, 2.75) is 70.6 Å². The van der Waals surface area contributed by atoms with Crippen LogP contribution in [0.15, 0.2) is 6.07 Å². The number of carbonyl (C=O) groups is 3. The minimum absolute atomic E-state index is 0.206. The molecule has 3 rings (SSSR count). The Balaban J connectivity index is 1.31. The van der Waals surface area contributed by atoms with Crippen molar-refractivity contribution in [3.63, 3.8) is 0 Å². The van der Waals surface area contributed by atoms with E-state index < -0.39 is 5.97 Å². The number of amides is 2. The van der Waals surface area contributed by atoms with E-state index in [4.69, 9.17) is 27.2 Å². The number of anilines is 1. The molecule has 0 aliphatic carbocycles. The zero-order chi connectivity index (χ0) is 24.5. The van der Waals surface area contributed by atoms with Crippen LogP contribution in [0.5, 0.6) is 5.75 Å². The summed E-state index contributed by atoms with van der Waals surface area (Å²) in [5.41, 5.74) is 7.73.